The molecule has 0 aromatic carbocycles. The van der Waals surface area contributed by atoms with Crippen molar-refractivity contribution in [3.8, 4) is 0 Å². The fourth-order valence-electron chi connectivity index (χ4n) is 4.51. The lowest BCUT2D eigenvalue weighted by Gasteiger charge is -2.49. The van der Waals surface area contributed by atoms with Crippen molar-refractivity contribution in [2.75, 3.05) is 26.2 Å². The number of amides is 1. The second-order valence-corrected chi connectivity index (χ2v) is 9.87. The first-order valence-corrected chi connectivity index (χ1v) is 11.8. The molecule has 1 fully saturated rings. The molecular formula is C24H41N3O4. The predicted molar refractivity (Wildman–Crippen MR) is 122 cm³/mol. The van der Waals surface area contributed by atoms with Crippen LogP contribution in [0.15, 0.2) is 12.2 Å². The minimum Gasteiger partial charge on any atom is -0.445 e. The van der Waals surface area contributed by atoms with Gasteiger partial charge in [-0.3, -0.25) is 14.9 Å². The van der Waals surface area contributed by atoms with Crippen LogP contribution in [0.1, 0.15) is 73.1 Å². The summed E-state index contributed by atoms with van der Waals surface area (Å²) < 4.78 is 5.30. The average molecular weight is 436 g/mol. The Morgan fingerprint density at radius 1 is 1.10 bits per heavy atom. The Hall–Kier alpha value is -1.73. The van der Waals surface area contributed by atoms with Gasteiger partial charge < -0.3 is 15.0 Å². The zero-order chi connectivity index (χ0) is 23.1. The molecule has 3 aliphatic rings. The van der Waals surface area contributed by atoms with E-state index in [0.29, 0.717) is 0 Å². The van der Waals surface area contributed by atoms with Crippen LogP contribution >= 0.6 is 0 Å². The maximum atomic E-state index is 13.3. The van der Waals surface area contributed by atoms with Crippen LogP contribution in [0.5, 0.6) is 0 Å². The monoisotopic (exact) mass is 435 g/mol. The van der Waals surface area contributed by atoms with Gasteiger partial charge in [-0.25, -0.2) is 4.79 Å². The Morgan fingerprint density at radius 2 is 1.77 bits per heavy atom. The topological polar surface area (TPSA) is 87.7 Å². The van der Waals surface area contributed by atoms with Crippen LogP contribution in [0.3, 0.4) is 0 Å². The fraction of sp³-hybridized carbons (Fsp3) is 0.792. The molecule has 0 spiro atoms. The molecule has 2 bridgehead atoms. The SMILES string of the molecule is CC(C)N[C@]1(C)CCCCCCC=CCOC(=O)N2CC(C(=O)C(C)C)(C2)NCC1=O. The molecule has 0 unspecified atom stereocenters. The molecule has 7 heteroatoms. The number of hydrogen-bond acceptors (Lipinski definition) is 6. The van der Waals surface area contributed by atoms with Crippen LogP contribution in [0.2, 0.25) is 0 Å². The number of rotatable bonds is 4. The van der Waals surface area contributed by atoms with E-state index in [4.69, 9.17) is 4.74 Å². The lowest BCUT2D eigenvalue weighted by atomic mass is 9.80. The van der Waals surface area contributed by atoms with E-state index in [1.165, 1.54) is 4.90 Å². The first kappa shape index (κ1) is 25.5. The molecule has 3 rings (SSSR count). The summed E-state index contributed by atoms with van der Waals surface area (Å²) in [6.07, 6.45) is 9.48. The summed E-state index contributed by atoms with van der Waals surface area (Å²) in [5, 5.41) is 6.70. The fourth-order valence-corrected chi connectivity index (χ4v) is 4.51. The zero-order valence-electron chi connectivity index (χ0n) is 20.0. The van der Waals surface area contributed by atoms with E-state index in [0.717, 1.165) is 38.5 Å². The summed E-state index contributed by atoms with van der Waals surface area (Å²) in [7, 11) is 0. The van der Waals surface area contributed by atoms with E-state index in [1.54, 1.807) is 0 Å². The van der Waals surface area contributed by atoms with E-state index in [1.807, 2.05) is 40.7 Å². The number of ether oxygens (including phenoxy) is 1. The molecule has 0 aromatic heterocycles. The molecule has 0 aromatic rings. The number of ketones is 2. The Balaban J connectivity index is 2.18. The van der Waals surface area contributed by atoms with Crippen LogP contribution in [0.4, 0.5) is 4.79 Å². The van der Waals surface area contributed by atoms with Crippen LogP contribution in [-0.4, -0.2) is 65.9 Å². The van der Waals surface area contributed by atoms with E-state index in [2.05, 4.69) is 16.7 Å². The molecule has 3 aliphatic heterocycles. The third kappa shape index (κ3) is 6.88. The number of fused-ring (bicyclic) bond motifs is 13. The molecule has 176 valence electrons. The van der Waals surface area contributed by atoms with E-state index in [-0.39, 0.29) is 49.8 Å². The highest BCUT2D eigenvalue weighted by Crippen LogP contribution is 2.27. The van der Waals surface area contributed by atoms with Crippen LogP contribution < -0.4 is 10.6 Å². The molecule has 31 heavy (non-hydrogen) atoms. The number of hydrogen-bond donors (Lipinski definition) is 2. The van der Waals surface area contributed by atoms with Crippen molar-refractivity contribution in [1.82, 2.24) is 15.5 Å². The summed E-state index contributed by atoms with van der Waals surface area (Å²) in [6, 6.07) is 0.178. The van der Waals surface area contributed by atoms with Crippen molar-refractivity contribution in [3.05, 3.63) is 12.2 Å². The maximum absolute atomic E-state index is 13.3. The number of nitrogens with one attached hydrogen (secondary N) is 2. The van der Waals surface area contributed by atoms with Crippen LogP contribution in [-0.2, 0) is 14.3 Å². The van der Waals surface area contributed by atoms with Gasteiger partial charge in [0.1, 0.15) is 12.1 Å². The molecular weight excluding hydrogens is 394 g/mol. The number of allylic oxidation sites excluding steroid dienone is 1. The molecule has 1 atom stereocenters. The van der Waals surface area contributed by atoms with E-state index < -0.39 is 17.2 Å². The normalized spacial score (nSPS) is 29.3. The quantitative estimate of drug-likeness (QED) is 0.659. The van der Waals surface area contributed by atoms with Gasteiger partial charge in [0.25, 0.3) is 0 Å². The second-order valence-electron chi connectivity index (χ2n) is 9.87. The Labute approximate surface area is 187 Å². The number of Topliss-reactive ketones (excluding diaryl/α,β-unsaturated/α-hetero) is 2. The van der Waals surface area contributed by atoms with Gasteiger partial charge in [0.2, 0.25) is 0 Å². The number of carbonyl (C=O) groups is 3. The second kappa shape index (κ2) is 11.2. The molecule has 1 saturated heterocycles. The largest absolute Gasteiger partial charge is 0.445 e. The van der Waals surface area contributed by atoms with Gasteiger partial charge in [0, 0.05) is 12.0 Å². The average Bonchev–Trinajstić information content (AvgIpc) is 2.66. The van der Waals surface area contributed by atoms with Gasteiger partial charge in [-0.15, -0.1) is 0 Å². The van der Waals surface area contributed by atoms with Gasteiger partial charge in [0.05, 0.1) is 25.2 Å². The van der Waals surface area contributed by atoms with Gasteiger partial charge in [-0.1, -0.05) is 45.3 Å². The standard InChI is InChI=1S/C24H41N3O4/c1-18(2)21(29)24-16-27(17-24)22(30)31-14-12-10-8-6-7-9-11-13-23(5,26-19(3)4)20(28)15-25-24/h10,12,18-19,25-26H,6-9,11,13-17H2,1-5H3/t23-/m1/s1. The number of carbonyl (C=O) groups excluding carboxylic acids is 3. The van der Waals surface area contributed by atoms with Crippen molar-refractivity contribution < 1.29 is 19.1 Å². The molecule has 0 aliphatic carbocycles. The highest BCUT2D eigenvalue weighted by molar-refractivity contribution is 5.95. The minimum atomic E-state index is -0.886. The summed E-state index contributed by atoms with van der Waals surface area (Å²) in [6.45, 7) is 10.6. The molecule has 0 saturated carbocycles. The molecule has 7 nitrogen and oxygen atoms in total. The van der Waals surface area contributed by atoms with Crippen LogP contribution in [0.25, 0.3) is 0 Å². The van der Waals surface area contributed by atoms with Gasteiger partial charge in [0.15, 0.2) is 11.6 Å². The maximum Gasteiger partial charge on any atom is 0.410 e. The van der Waals surface area contributed by atoms with E-state index >= 15 is 0 Å². The minimum absolute atomic E-state index is 0.0252. The third-order valence-electron chi connectivity index (χ3n) is 6.25. The first-order valence-electron chi connectivity index (χ1n) is 11.8. The Morgan fingerprint density at radius 3 is 2.42 bits per heavy atom. The molecule has 3 heterocycles. The van der Waals surface area contributed by atoms with Crippen molar-refractivity contribution in [3.63, 3.8) is 0 Å². The lowest BCUT2D eigenvalue weighted by Crippen LogP contribution is -2.75. The molecule has 0 radical (unpaired) electrons. The Bertz CT molecular complexity index is 668. The van der Waals surface area contributed by atoms with Crippen molar-refractivity contribution in [2.24, 2.45) is 5.92 Å². The highest BCUT2D eigenvalue weighted by atomic mass is 16.6. The highest BCUT2D eigenvalue weighted by Gasteiger charge is 2.52. The van der Waals surface area contributed by atoms with Crippen molar-refractivity contribution >= 4 is 17.7 Å². The van der Waals surface area contributed by atoms with Crippen molar-refractivity contribution in [2.45, 2.75) is 90.3 Å². The third-order valence-corrected chi connectivity index (χ3v) is 6.25. The smallest absolute Gasteiger partial charge is 0.410 e. The van der Waals surface area contributed by atoms with E-state index in [9.17, 15) is 14.4 Å². The molecule has 1 amide bonds. The first-order chi connectivity index (χ1) is 14.6. The number of nitrogens with zero attached hydrogens (tertiary/aromatic N) is 1. The van der Waals surface area contributed by atoms with Gasteiger partial charge in [-0.05, 0) is 40.0 Å². The zero-order valence-corrected chi connectivity index (χ0v) is 20.0. The van der Waals surface area contributed by atoms with Gasteiger partial charge in [-0.2, -0.15) is 0 Å². The lowest BCUT2D eigenvalue weighted by molar-refractivity contribution is -0.136. The summed E-state index contributed by atoms with van der Waals surface area (Å²) in [5.41, 5.74) is -1.53. The predicted octanol–water partition coefficient (Wildman–Crippen LogP) is 3.23. The summed E-state index contributed by atoms with van der Waals surface area (Å²) in [4.78, 5) is 40.1. The van der Waals surface area contributed by atoms with Gasteiger partial charge >= 0.3 is 6.09 Å². The van der Waals surface area contributed by atoms with Crippen molar-refractivity contribution in [1.29, 1.82) is 0 Å². The molecule has 2 N–H and O–H groups in total. The van der Waals surface area contributed by atoms with Crippen LogP contribution in [0, 0.1) is 5.92 Å². The Kier molecular flexibility index (Phi) is 9.25. The summed E-state index contributed by atoms with van der Waals surface area (Å²) >= 11 is 0. The summed E-state index contributed by atoms with van der Waals surface area (Å²) in [5.74, 6) is -0.110.